The molecule has 7 heteroatoms. The molecule has 0 saturated carbocycles. The van der Waals surface area contributed by atoms with Gasteiger partial charge in [0.2, 0.25) is 0 Å². The molecule has 2 heterocycles. The molecule has 2 aromatic carbocycles. The van der Waals surface area contributed by atoms with Crippen LogP contribution in [0.1, 0.15) is 18.1 Å². The first kappa shape index (κ1) is 22.2. The minimum absolute atomic E-state index is 0.143. The first-order valence-electron chi connectivity index (χ1n) is 10.9. The van der Waals surface area contributed by atoms with Crippen molar-refractivity contribution in [3.05, 3.63) is 51.9 Å². The van der Waals surface area contributed by atoms with Gasteiger partial charge in [-0.1, -0.05) is 6.92 Å². The second-order valence-corrected chi connectivity index (χ2v) is 8.11. The summed E-state index contributed by atoms with van der Waals surface area (Å²) >= 11 is 0. The largest absolute Gasteiger partial charge is 0.507 e. The fraction of sp³-hybridized carbons (Fsp3) is 0.400. The molecule has 32 heavy (non-hydrogen) atoms. The average molecular weight is 439 g/mol. The molecule has 1 aliphatic heterocycles. The van der Waals surface area contributed by atoms with Crippen LogP contribution in [0.15, 0.2) is 39.5 Å². The Morgan fingerprint density at radius 3 is 2.41 bits per heavy atom. The molecule has 4 rings (SSSR count). The van der Waals surface area contributed by atoms with Crippen LogP contribution in [0.4, 0.5) is 0 Å². The first-order chi connectivity index (χ1) is 15.5. The average Bonchev–Trinajstić information content (AvgIpc) is 2.81. The van der Waals surface area contributed by atoms with Gasteiger partial charge in [-0.2, -0.15) is 0 Å². The van der Waals surface area contributed by atoms with Gasteiger partial charge in [0.1, 0.15) is 22.8 Å². The first-order valence-corrected chi connectivity index (χ1v) is 10.9. The van der Waals surface area contributed by atoms with E-state index in [0.717, 1.165) is 43.7 Å². The smallest absolute Gasteiger partial charge is 0.344 e. The number of aromatic hydroxyl groups is 1. The Morgan fingerprint density at radius 1 is 1.03 bits per heavy atom. The summed E-state index contributed by atoms with van der Waals surface area (Å²) in [6.45, 7) is 9.43. The van der Waals surface area contributed by atoms with Crippen LogP contribution < -0.4 is 15.1 Å². The van der Waals surface area contributed by atoms with E-state index in [0.29, 0.717) is 40.3 Å². The van der Waals surface area contributed by atoms with Crippen LogP contribution in [0.2, 0.25) is 0 Å². The highest BCUT2D eigenvalue weighted by Gasteiger charge is 2.23. The molecular formula is C25H30N2O5. The van der Waals surface area contributed by atoms with E-state index in [1.165, 1.54) is 0 Å². The molecule has 0 bridgehead atoms. The minimum Gasteiger partial charge on any atom is -0.507 e. The van der Waals surface area contributed by atoms with E-state index in [1.807, 2.05) is 6.92 Å². The predicted octanol–water partition coefficient (Wildman–Crippen LogP) is 3.63. The zero-order valence-corrected chi connectivity index (χ0v) is 19.1. The predicted molar refractivity (Wildman–Crippen MR) is 125 cm³/mol. The molecule has 170 valence electrons. The Balaban J connectivity index is 1.81. The quantitative estimate of drug-likeness (QED) is 0.589. The van der Waals surface area contributed by atoms with Crippen LogP contribution in [0.3, 0.4) is 0 Å². The summed E-state index contributed by atoms with van der Waals surface area (Å²) in [7, 11) is 3.15. The van der Waals surface area contributed by atoms with Crippen LogP contribution in [0.25, 0.3) is 22.1 Å². The summed E-state index contributed by atoms with van der Waals surface area (Å²) in [5.41, 5.74) is 2.45. The Bertz CT molecular complexity index is 1180. The second-order valence-electron chi connectivity index (χ2n) is 8.11. The highest BCUT2D eigenvalue weighted by molar-refractivity contribution is 5.91. The minimum atomic E-state index is -0.468. The fourth-order valence-electron chi connectivity index (χ4n) is 4.42. The van der Waals surface area contributed by atoms with E-state index in [-0.39, 0.29) is 5.75 Å². The number of hydrogen-bond acceptors (Lipinski definition) is 7. The molecule has 0 radical (unpaired) electrons. The van der Waals surface area contributed by atoms with Gasteiger partial charge in [-0.15, -0.1) is 0 Å². The van der Waals surface area contributed by atoms with Gasteiger partial charge in [-0.25, -0.2) is 4.79 Å². The number of ether oxygens (including phenoxy) is 2. The lowest BCUT2D eigenvalue weighted by Gasteiger charge is -2.34. The SMILES string of the molecule is CCN1CCN(Cc2c(O)ccc3c(C)c(-c4cc(OC)ccc4OC)c(=O)oc23)CC1. The molecule has 0 aliphatic carbocycles. The van der Waals surface area contributed by atoms with Gasteiger partial charge in [0.15, 0.2) is 0 Å². The van der Waals surface area contributed by atoms with Crippen molar-refractivity contribution >= 4 is 11.0 Å². The lowest BCUT2D eigenvalue weighted by molar-refractivity contribution is 0.131. The summed E-state index contributed by atoms with van der Waals surface area (Å²) < 4.78 is 16.7. The topological polar surface area (TPSA) is 75.4 Å². The Morgan fingerprint density at radius 2 is 1.75 bits per heavy atom. The van der Waals surface area contributed by atoms with Crippen LogP contribution >= 0.6 is 0 Å². The van der Waals surface area contributed by atoms with Crippen molar-refractivity contribution in [1.29, 1.82) is 0 Å². The number of hydrogen-bond donors (Lipinski definition) is 1. The molecule has 3 aromatic rings. The summed E-state index contributed by atoms with van der Waals surface area (Å²) in [6, 6.07) is 8.82. The molecule has 0 amide bonds. The number of phenols is 1. The number of fused-ring (bicyclic) bond motifs is 1. The summed E-state index contributed by atoms with van der Waals surface area (Å²) in [4.78, 5) is 17.9. The van der Waals surface area contributed by atoms with Gasteiger partial charge in [0.25, 0.3) is 0 Å². The van der Waals surface area contributed by atoms with Crippen molar-refractivity contribution in [2.45, 2.75) is 20.4 Å². The normalized spacial score (nSPS) is 15.2. The van der Waals surface area contributed by atoms with Gasteiger partial charge >= 0.3 is 5.63 Å². The van der Waals surface area contributed by atoms with Crippen LogP contribution in [0.5, 0.6) is 17.2 Å². The molecule has 1 saturated heterocycles. The lowest BCUT2D eigenvalue weighted by Crippen LogP contribution is -2.45. The zero-order valence-electron chi connectivity index (χ0n) is 19.1. The van der Waals surface area contributed by atoms with Gasteiger partial charge in [-0.05, 0) is 49.4 Å². The Labute approximate surface area is 187 Å². The second kappa shape index (κ2) is 9.22. The standard InChI is InChI=1S/C25H30N2O5/c1-5-26-10-12-27(13-11-26)15-20-21(28)8-7-18-16(2)23(25(29)32-24(18)20)19-14-17(30-3)6-9-22(19)31-4/h6-9,14,28H,5,10-13,15H2,1-4H3. The van der Waals surface area contributed by atoms with E-state index in [9.17, 15) is 9.90 Å². The fourth-order valence-corrected chi connectivity index (χ4v) is 4.42. The lowest BCUT2D eigenvalue weighted by atomic mass is 9.97. The molecular weight excluding hydrogens is 408 g/mol. The highest BCUT2D eigenvalue weighted by atomic mass is 16.5. The van der Waals surface area contributed by atoms with Crippen molar-refractivity contribution in [2.24, 2.45) is 0 Å². The van der Waals surface area contributed by atoms with Gasteiger partial charge in [0, 0.05) is 43.7 Å². The van der Waals surface area contributed by atoms with Crippen molar-refractivity contribution in [1.82, 2.24) is 9.80 Å². The van der Waals surface area contributed by atoms with E-state index in [1.54, 1.807) is 44.6 Å². The zero-order chi connectivity index (χ0) is 22.8. The van der Waals surface area contributed by atoms with Crippen molar-refractivity contribution in [3.63, 3.8) is 0 Å². The maximum absolute atomic E-state index is 13.2. The van der Waals surface area contributed by atoms with E-state index >= 15 is 0 Å². The third-order valence-electron chi connectivity index (χ3n) is 6.38. The molecule has 1 aromatic heterocycles. The molecule has 7 nitrogen and oxygen atoms in total. The van der Waals surface area contributed by atoms with Gasteiger partial charge in [-0.3, -0.25) is 4.90 Å². The van der Waals surface area contributed by atoms with Crippen molar-refractivity contribution in [2.75, 3.05) is 46.9 Å². The number of aryl methyl sites for hydroxylation is 1. The van der Waals surface area contributed by atoms with Crippen LogP contribution in [-0.2, 0) is 6.54 Å². The van der Waals surface area contributed by atoms with E-state index in [2.05, 4.69) is 16.7 Å². The maximum atomic E-state index is 13.2. The molecule has 1 fully saturated rings. The number of phenolic OH excluding ortho intramolecular Hbond substituents is 1. The molecule has 1 N–H and O–H groups in total. The molecule has 1 aliphatic rings. The van der Waals surface area contributed by atoms with Crippen molar-refractivity contribution < 1.29 is 19.0 Å². The third kappa shape index (κ3) is 4.06. The Hall–Kier alpha value is -3.03. The molecule has 0 spiro atoms. The number of rotatable bonds is 6. The van der Waals surface area contributed by atoms with Gasteiger partial charge < -0.3 is 23.9 Å². The summed E-state index contributed by atoms with van der Waals surface area (Å²) in [5.74, 6) is 1.33. The molecule has 0 atom stereocenters. The maximum Gasteiger partial charge on any atom is 0.344 e. The molecule has 0 unspecified atom stereocenters. The Kier molecular flexibility index (Phi) is 6.39. The van der Waals surface area contributed by atoms with Crippen LogP contribution in [-0.4, -0.2) is 61.8 Å². The third-order valence-corrected chi connectivity index (χ3v) is 6.38. The van der Waals surface area contributed by atoms with Crippen LogP contribution in [0, 0.1) is 6.92 Å². The van der Waals surface area contributed by atoms with Crippen molar-refractivity contribution in [3.8, 4) is 28.4 Å². The number of methoxy groups -OCH3 is 2. The number of likely N-dealkylation sites (N-methyl/N-ethyl adjacent to an activating group) is 1. The monoisotopic (exact) mass is 438 g/mol. The van der Waals surface area contributed by atoms with Gasteiger partial charge in [0.05, 0.1) is 25.3 Å². The highest BCUT2D eigenvalue weighted by Crippen LogP contribution is 2.37. The van der Waals surface area contributed by atoms with E-state index in [4.69, 9.17) is 13.9 Å². The summed E-state index contributed by atoms with van der Waals surface area (Å²) in [6.07, 6.45) is 0. The summed E-state index contributed by atoms with van der Waals surface area (Å²) in [5, 5.41) is 11.4. The number of benzene rings is 2. The number of nitrogens with zero attached hydrogens (tertiary/aromatic N) is 2. The number of piperazine rings is 1. The van der Waals surface area contributed by atoms with E-state index < -0.39 is 5.63 Å².